The van der Waals surface area contributed by atoms with Gasteiger partial charge in [-0.05, 0) is 38.5 Å². The average Bonchev–Trinajstić information content (AvgIpc) is 2.65. The van der Waals surface area contributed by atoms with Gasteiger partial charge in [-0.2, -0.15) is 12.6 Å². The summed E-state index contributed by atoms with van der Waals surface area (Å²) < 4.78 is 0. The van der Waals surface area contributed by atoms with Crippen molar-refractivity contribution < 1.29 is 14.7 Å². The van der Waals surface area contributed by atoms with E-state index < -0.39 is 5.97 Å². The zero-order valence-electron chi connectivity index (χ0n) is 16.0. The smallest absolute Gasteiger partial charge is 0.323 e. The van der Waals surface area contributed by atoms with E-state index in [0.717, 1.165) is 24.9 Å². The van der Waals surface area contributed by atoms with Crippen LogP contribution in [-0.4, -0.2) is 52.8 Å². The van der Waals surface area contributed by atoms with Gasteiger partial charge in [-0.1, -0.05) is 38.5 Å². The van der Waals surface area contributed by atoms with Gasteiger partial charge < -0.3 is 15.3 Å². The van der Waals surface area contributed by atoms with E-state index in [0.29, 0.717) is 12.3 Å². The van der Waals surface area contributed by atoms with Gasteiger partial charge in [0.25, 0.3) is 0 Å². The number of rotatable bonds is 5. The molecule has 1 heterocycles. The Morgan fingerprint density at radius 2 is 1.50 bits per heavy atom. The number of carbonyl (C=O) groups is 2. The number of likely N-dealkylation sites (tertiary alicyclic amines) is 1. The van der Waals surface area contributed by atoms with Gasteiger partial charge >= 0.3 is 5.97 Å². The van der Waals surface area contributed by atoms with Gasteiger partial charge in [0.2, 0.25) is 5.91 Å². The van der Waals surface area contributed by atoms with E-state index in [2.05, 4.69) is 17.9 Å². The number of carboxylic acid groups (broad SMARTS) is 1. The van der Waals surface area contributed by atoms with E-state index >= 15 is 0 Å². The largest absolute Gasteiger partial charge is 0.480 e. The van der Waals surface area contributed by atoms with Crippen LogP contribution in [0.4, 0.5) is 0 Å². The van der Waals surface area contributed by atoms with E-state index in [1.807, 2.05) is 0 Å². The Labute approximate surface area is 163 Å². The summed E-state index contributed by atoms with van der Waals surface area (Å²) in [7, 11) is 0. The minimum absolute atomic E-state index is 0.0661. The van der Waals surface area contributed by atoms with Crippen LogP contribution in [0.3, 0.4) is 0 Å². The lowest BCUT2D eigenvalue weighted by Gasteiger charge is -2.30. The Kier molecular flexibility index (Phi) is 9.83. The highest BCUT2D eigenvalue weighted by Crippen LogP contribution is 2.22. The second kappa shape index (κ2) is 11.9. The molecule has 3 rings (SSSR count). The molecule has 6 heteroatoms. The van der Waals surface area contributed by atoms with Crippen LogP contribution in [0.1, 0.15) is 77.0 Å². The zero-order valence-corrected chi connectivity index (χ0v) is 16.9. The highest BCUT2D eigenvalue weighted by atomic mass is 32.1. The minimum Gasteiger partial charge on any atom is -0.480 e. The molecule has 150 valence electrons. The summed E-state index contributed by atoms with van der Waals surface area (Å²) in [5.74, 6) is -0.595. The summed E-state index contributed by atoms with van der Waals surface area (Å²) in [6.45, 7) is 0.387. The fourth-order valence-electron chi connectivity index (χ4n) is 4.38. The van der Waals surface area contributed by atoms with Crippen LogP contribution in [-0.2, 0) is 9.59 Å². The molecule has 26 heavy (non-hydrogen) atoms. The molecule has 2 aliphatic carbocycles. The van der Waals surface area contributed by atoms with Crippen molar-refractivity contribution in [2.45, 2.75) is 89.1 Å². The number of hydrogen-bond acceptors (Lipinski definition) is 4. The lowest BCUT2D eigenvalue weighted by molar-refractivity contribution is -0.147. The second-order valence-corrected chi connectivity index (χ2v) is 8.38. The summed E-state index contributed by atoms with van der Waals surface area (Å²) >= 11 is 4.06. The fourth-order valence-corrected chi connectivity index (χ4v) is 4.72. The fraction of sp³-hybridized carbons (Fsp3) is 0.900. The van der Waals surface area contributed by atoms with Gasteiger partial charge in [0.1, 0.15) is 6.54 Å². The van der Waals surface area contributed by atoms with Gasteiger partial charge in [0, 0.05) is 30.3 Å². The first-order chi connectivity index (χ1) is 12.6. The molecule has 1 aliphatic heterocycles. The van der Waals surface area contributed by atoms with E-state index in [1.54, 1.807) is 0 Å². The van der Waals surface area contributed by atoms with Gasteiger partial charge in [0.15, 0.2) is 0 Å². The van der Waals surface area contributed by atoms with Crippen molar-refractivity contribution in [1.29, 1.82) is 0 Å². The van der Waals surface area contributed by atoms with Crippen molar-refractivity contribution in [3.63, 3.8) is 0 Å². The summed E-state index contributed by atoms with van der Waals surface area (Å²) in [5.41, 5.74) is 0. The van der Waals surface area contributed by atoms with Gasteiger partial charge in [-0.25, -0.2) is 0 Å². The maximum atomic E-state index is 11.5. The molecule has 0 aromatic heterocycles. The number of piperidine rings is 1. The lowest BCUT2D eigenvalue weighted by Crippen LogP contribution is -2.44. The Balaban J connectivity index is 0.000000187. The highest BCUT2D eigenvalue weighted by Gasteiger charge is 2.28. The van der Waals surface area contributed by atoms with Crippen LogP contribution in [0.25, 0.3) is 0 Å². The van der Waals surface area contributed by atoms with E-state index in [1.165, 1.54) is 69.1 Å². The molecule has 1 unspecified atom stereocenters. The first kappa shape index (κ1) is 21.5. The molecule has 0 aromatic rings. The quantitative estimate of drug-likeness (QED) is 0.635. The monoisotopic (exact) mass is 384 g/mol. The number of carbonyl (C=O) groups excluding carboxylic acids is 1. The zero-order chi connectivity index (χ0) is 18.8. The molecular weight excluding hydrogens is 348 g/mol. The Hall–Kier alpha value is -0.750. The van der Waals surface area contributed by atoms with E-state index in [4.69, 9.17) is 5.11 Å². The Morgan fingerprint density at radius 3 is 1.96 bits per heavy atom. The molecule has 1 atom stereocenters. The molecular formula is C20H36N2O3S. The lowest BCUT2D eigenvalue weighted by atomic mass is 9.91. The van der Waals surface area contributed by atoms with Gasteiger partial charge in [-0.3, -0.25) is 9.59 Å². The SMILES string of the molecule is C1CCC(NC2CCCCC2)CC1.O=C(O)CN1CCCC(CS)C1=O. The summed E-state index contributed by atoms with van der Waals surface area (Å²) in [6.07, 6.45) is 16.3. The molecule has 0 bridgehead atoms. The third-order valence-corrected chi connectivity index (χ3v) is 6.31. The molecule has 3 aliphatic rings. The summed E-state index contributed by atoms with van der Waals surface area (Å²) in [4.78, 5) is 23.3. The number of nitrogens with zero attached hydrogens (tertiary/aromatic N) is 1. The van der Waals surface area contributed by atoms with Crippen molar-refractivity contribution >= 4 is 24.5 Å². The number of nitrogens with one attached hydrogen (secondary N) is 1. The normalized spacial score (nSPS) is 25.5. The predicted molar refractivity (Wildman–Crippen MR) is 108 cm³/mol. The Bertz CT molecular complexity index is 419. The maximum absolute atomic E-state index is 11.5. The molecule has 0 spiro atoms. The molecule has 5 nitrogen and oxygen atoms in total. The third kappa shape index (κ3) is 7.47. The van der Waals surface area contributed by atoms with Crippen LogP contribution in [0.2, 0.25) is 0 Å². The highest BCUT2D eigenvalue weighted by molar-refractivity contribution is 7.80. The standard InChI is InChI=1S/C12H23N.C8H13NO3S/c1-3-7-11(8-4-1)13-12-9-5-2-6-10-12;10-7(11)4-9-3-1-2-6(5-13)8(9)12/h11-13H,1-10H2;6,13H,1-5H2,(H,10,11). The number of carboxylic acids is 1. The predicted octanol–water partition coefficient (Wildman–Crippen LogP) is 3.48. The maximum Gasteiger partial charge on any atom is 0.323 e. The van der Waals surface area contributed by atoms with Crippen LogP contribution < -0.4 is 5.32 Å². The topological polar surface area (TPSA) is 69.6 Å². The number of amides is 1. The Morgan fingerprint density at radius 1 is 0.962 bits per heavy atom. The molecule has 3 fully saturated rings. The van der Waals surface area contributed by atoms with Crippen LogP contribution in [0, 0.1) is 5.92 Å². The minimum atomic E-state index is -0.951. The molecule has 1 saturated heterocycles. The molecule has 2 N–H and O–H groups in total. The van der Waals surface area contributed by atoms with Crippen molar-refractivity contribution in [1.82, 2.24) is 10.2 Å². The van der Waals surface area contributed by atoms with Crippen LogP contribution in [0.5, 0.6) is 0 Å². The first-order valence-electron chi connectivity index (χ1n) is 10.5. The second-order valence-electron chi connectivity index (χ2n) is 8.01. The number of hydrogen-bond donors (Lipinski definition) is 3. The van der Waals surface area contributed by atoms with Crippen molar-refractivity contribution in [2.75, 3.05) is 18.8 Å². The van der Waals surface area contributed by atoms with Crippen LogP contribution >= 0.6 is 12.6 Å². The third-order valence-electron chi connectivity index (χ3n) is 5.87. The van der Waals surface area contributed by atoms with Gasteiger partial charge in [0.05, 0.1) is 0 Å². The van der Waals surface area contributed by atoms with Crippen molar-refractivity contribution in [3.05, 3.63) is 0 Å². The molecule has 1 amide bonds. The molecule has 0 radical (unpaired) electrons. The number of aliphatic carboxylic acids is 1. The molecule has 0 aromatic carbocycles. The summed E-state index contributed by atoms with van der Waals surface area (Å²) in [5, 5.41) is 12.4. The van der Waals surface area contributed by atoms with Crippen molar-refractivity contribution in [2.24, 2.45) is 5.92 Å². The average molecular weight is 385 g/mol. The summed E-state index contributed by atoms with van der Waals surface area (Å²) in [6, 6.07) is 1.74. The van der Waals surface area contributed by atoms with Crippen LogP contribution in [0.15, 0.2) is 0 Å². The first-order valence-corrected chi connectivity index (χ1v) is 11.1. The van der Waals surface area contributed by atoms with E-state index in [-0.39, 0.29) is 18.4 Å². The van der Waals surface area contributed by atoms with E-state index in [9.17, 15) is 9.59 Å². The van der Waals surface area contributed by atoms with Crippen molar-refractivity contribution in [3.8, 4) is 0 Å². The van der Waals surface area contributed by atoms with Gasteiger partial charge in [-0.15, -0.1) is 0 Å². The number of thiol groups is 1. The molecule has 2 saturated carbocycles.